The van der Waals surface area contributed by atoms with E-state index >= 15 is 0 Å². The second kappa shape index (κ2) is 7.21. The van der Waals surface area contributed by atoms with Crippen LogP contribution in [0.15, 0.2) is 24.3 Å². The smallest absolute Gasteiger partial charge is 0.338 e. The molecular formula is C16H21NO6S. The van der Waals surface area contributed by atoms with Gasteiger partial charge >= 0.3 is 5.97 Å². The second-order valence-electron chi connectivity index (χ2n) is 5.98. The molecule has 0 aliphatic carbocycles. The fourth-order valence-corrected chi connectivity index (χ4v) is 4.63. The molecule has 7 nitrogen and oxygen atoms in total. The molecular weight excluding hydrogens is 334 g/mol. The zero-order valence-electron chi connectivity index (χ0n) is 13.7. The molecule has 132 valence electrons. The summed E-state index contributed by atoms with van der Waals surface area (Å²) in [5, 5.41) is 2.71. The van der Waals surface area contributed by atoms with Gasteiger partial charge in [-0.15, -0.1) is 0 Å². The Morgan fingerprint density at radius 2 is 1.92 bits per heavy atom. The molecule has 1 atom stereocenters. The Balaban J connectivity index is 1.85. The first-order valence-corrected chi connectivity index (χ1v) is 9.47. The molecule has 1 aromatic rings. The van der Waals surface area contributed by atoms with Crippen LogP contribution in [0.3, 0.4) is 0 Å². The predicted molar refractivity (Wildman–Crippen MR) is 87.7 cm³/mol. The van der Waals surface area contributed by atoms with E-state index in [1.165, 1.54) is 0 Å². The van der Waals surface area contributed by atoms with Gasteiger partial charge in [0.15, 0.2) is 16.4 Å². The molecule has 0 spiro atoms. The number of nitrogens with one attached hydrogen (secondary N) is 1. The van der Waals surface area contributed by atoms with Crippen LogP contribution >= 0.6 is 0 Å². The Hall–Kier alpha value is -2.09. The van der Waals surface area contributed by atoms with Gasteiger partial charge in [-0.2, -0.15) is 0 Å². The van der Waals surface area contributed by atoms with Crippen LogP contribution in [0.25, 0.3) is 0 Å². The Morgan fingerprint density at radius 3 is 2.46 bits per heavy atom. The molecule has 1 N–H and O–H groups in total. The number of sulfone groups is 1. The first kappa shape index (κ1) is 18.3. The van der Waals surface area contributed by atoms with Crippen molar-refractivity contribution in [2.75, 3.05) is 24.7 Å². The summed E-state index contributed by atoms with van der Waals surface area (Å²) in [5.41, 5.74) is -0.343. The zero-order valence-corrected chi connectivity index (χ0v) is 14.5. The van der Waals surface area contributed by atoms with Crippen molar-refractivity contribution >= 4 is 21.7 Å². The van der Waals surface area contributed by atoms with Gasteiger partial charge in [0.05, 0.1) is 29.2 Å². The SMILES string of the molecule is CCOC(=O)c1ccc(OCC(=O)N[C@@]2(C)CCS(=O)(=O)C2)cc1. The molecule has 24 heavy (non-hydrogen) atoms. The van der Waals surface area contributed by atoms with Crippen LogP contribution in [0.5, 0.6) is 5.75 Å². The van der Waals surface area contributed by atoms with Crippen molar-refractivity contribution in [1.29, 1.82) is 0 Å². The number of esters is 1. The summed E-state index contributed by atoms with van der Waals surface area (Å²) in [7, 11) is -3.08. The lowest BCUT2D eigenvalue weighted by molar-refractivity contribution is -0.124. The first-order valence-electron chi connectivity index (χ1n) is 7.64. The molecule has 0 unspecified atom stereocenters. The average Bonchev–Trinajstić information content (AvgIpc) is 2.79. The predicted octanol–water partition coefficient (Wildman–Crippen LogP) is 0.936. The quantitative estimate of drug-likeness (QED) is 0.763. The third-order valence-corrected chi connectivity index (χ3v) is 5.58. The monoisotopic (exact) mass is 355 g/mol. The van der Waals surface area contributed by atoms with Crippen molar-refractivity contribution in [2.45, 2.75) is 25.8 Å². The fourth-order valence-electron chi connectivity index (χ4n) is 2.53. The van der Waals surface area contributed by atoms with E-state index in [9.17, 15) is 18.0 Å². The average molecular weight is 355 g/mol. The molecule has 0 saturated carbocycles. The van der Waals surface area contributed by atoms with Crippen LogP contribution in [-0.2, 0) is 19.4 Å². The van der Waals surface area contributed by atoms with Gasteiger partial charge < -0.3 is 14.8 Å². The van der Waals surface area contributed by atoms with E-state index in [1.807, 2.05) is 0 Å². The topological polar surface area (TPSA) is 98.8 Å². The van der Waals surface area contributed by atoms with Crippen molar-refractivity contribution in [2.24, 2.45) is 0 Å². The van der Waals surface area contributed by atoms with Crippen molar-refractivity contribution in [1.82, 2.24) is 5.32 Å². The lowest BCUT2D eigenvalue weighted by Gasteiger charge is -2.23. The van der Waals surface area contributed by atoms with Crippen molar-refractivity contribution < 1.29 is 27.5 Å². The summed E-state index contributed by atoms with van der Waals surface area (Å²) in [6.45, 7) is 3.51. The summed E-state index contributed by atoms with van der Waals surface area (Å²) in [5.74, 6) is -0.344. The van der Waals surface area contributed by atoms with Gasteiger partial charge in [0.25, 0.3) is 5.91 Å². The molecule has 0 radical (unpaired) electrons. The van der Waals surface area contributed by atoms with E-state index in [4.69, 9.17) is 9.47 Å². The van der Waals surface area contributed by atoms with Gasteiger partial charge in [0, 0.05) is 0 Å². The minimum atomic E-state index is -3.08. The fraction of sp³-hybridized carbons (Fsp3) is 0.500. The molecule has 0 bridgehead atoms. The van der Waals surface area contributed by atoms with E-state index in [0.29, 0.717) is 24.3 Å². The molecule has 1 aliphatic heterocycles. The molecule has 1 saturated heterocycles. The van der Waals surface area contributed by atoms with Crippen LogP contribution in [0.2, 0.25) is 0 Å². The molecule has 1 aliphatic rings. The van der Waals surface area contributed by atoms with E-state index in [1.54, 1.807) is 38.1 Å². The Labute approximate surface area is 141 Å². The third kappa shape index (κ3) is 4.95. The van der Waals surface area contributed by atoms with Crippen molar-refractivity contribution in [3.8, 4) is 5.75 Å². The van der Waals surface area contributed by atoms with Gasteiger partial charge in [-0.25, -0.2) is 13.2 Å². The van der Waals surface area contributed by atoms with Crippen LogP contribution < -0.4 is 10.1 Å². The summed E-state index contributed by atoms with van der Waals surface area (Å²) >= 11 is 0. The largest absolute Gasteiger partial charge is 0.484 e. The maximum atomic E-state index is 11.9. The van der Waals surface area contributed by atoms with Crippen LogP contribution in [0, 0.1) is 0 Å². The van der Waals surface area contributed by atoms with Crippen LogP contribution in [-0.4, -0.2) is 50.6 Å². The number of rotatable bonds is 6. The molecule has 1 heterocycles. The highest BCUT2D eigenvalue weighted by Gasteiger charge is 2.39. The van der Waals surface area contributed by atoms with Gasteiger partial charge in [-0.1, -0.05) is 0 Å². The summed E-state index contributed by atoms with van der Waals surface area (Å²) in [6, 6.07) is 6.24. The van der Waals surface area contributed by atoms with Crippen molar-refractivity contribution in [3.63, 3.8) is 0 Å². The Bertz CT molecular complexity index is 713. The summed E-state index contributed by atoms with van der Waals surface area (Å²) < 4.78 is 33.3. The zero-order chi connectivity index (χ0) is 17.8. The second-order valence-corrected chi connectivity index (χ2v) is 8.17. The maximum absolute atomic E-state index is 11.9. The number of ether oxygens (including phenoxy) is 2. The Kier molecular flexibility index (Phi) is 5.48. The number of hydrogen-bond acceptors (Lipinski definition) is 6. The van der Waals surface area contributed by atoms with Gasteiger partial charge in [0.1, 0.15) is 5.75 Å². The lowest BCUT2D eigenvalue weighted by atomic mass is 10.0. The van der Waals surface area contributed by atoms with Crippen LogP contribution in [0.4, 0.5) is 0 Å². The maximum Gasteiger partial charge on any atom is 0.338 e. The molecule has 8 heteroatoms. The normalized spacial score (nSPS) is 21.9. The number of carbonyl (C=O) groups excluding carboxylic acids is 2. The van der Waals surface area contributed by atoms with E-state index in [-0.39, 0.29) is 24.0 Å². The molecule has 1 fully saturated rings. The lowest BCUT2D eigenvalue weighted by Crippen LogP contribution is -2.48. The van der Waals surface area contributed by atoms with E-state index in [2.05, 4.69) is 5.32 Å². The number of benzene rings is 1. The molecule has 1 amide bonds. The highest BCUT2D eigenvalue weighted by atomic mass is 32.2. The minimum Gasteiger partial charge on any atom is -0.484 e. The number of hydrogen-bond donors (Lipinski definition) is 1. The summed E-state index contributed by atoms with van der Waals surface area (Å²) in [4.78, 5) is 23.5. The molecule has 0 aromatic heterocycles. The van der Waals surface area contributed by atoms with E-state index < -0.39 is 21.3 Å². The highest BCUT2D eigenvalue weighted by molar-refractivity contribution is 7.91. The third-order valence-electron chi connectivity index (χ3n) is 3.68. The van der Waals surface area contributed by atoms with Gasteiger partial charge in [-0.3, -0.25) is 4.79 Å². The van der Waals surface area contributed by atoms with E-state index in [0.717, 1.165) is 0 Å². The highest BCUT2D eigenvalue weighted by Crippen LogP contribution is 2.22. The number of carbonyl (C=O) groups is 2. The minimum absolute atomic E-state index is 0.0556. The van der Waals surface area contributed by atoms with Gasteiger partial charge in [-0.05, 0) is 44.5 Å². The van der Waals surface area contributed by atoms with Crippen molar-refractivity contribution in [3.05, 3.63) is 29.8 Å². The molecule has 2 rings (SSSR count). The van der Waals surface area contributed by atoms with Crippen LogP contribution in [0.1, 0.15) is 30.6 Å². The first-order chi connectivity index (χ1) is 11.2. The van der Waals surface area contributed by atoms with Gasteiger partial charge in [0.2, 0.25) is 0 Å². The molecule has 1 aromatic carbocycles. The standard InChI is InChI=1S/C16H21NO6S/c1-3-22-15(19)12-4-6-13(7-5-12)23-10-14(18)17-16(2)8-9-24(20,21)11-16/h4-7H,3,8-11H2,1-2H3,(H,17,18)/t16-/m0/s1. The number of amides is 1. The summed E-state index contributed by atoms with van der Waals surface area (Å²) in [6.07, 6.45) is 0.398. The Morgan fingerprint density at radius 1 is 1.25 bits per heavy atom.